The molecule has 0 N–H and O–H groups in total. The van der Waals surface area contributed by atoms with Crippen molar-refractivity contribution in [2.45, 2.75) is 5.25 Å². The highest BCUT2D eigenvalue weighted by atomic mass is 32.2. The van der Waals surface area contributed by atoms with Gasteiger partial charge in [0.2, 0.25) is 0 Å². The van der Waals surface area contributed by atoms with E-state index in [0.29, 0.717) is 0 Å². The zero-order chi connectivity index (χ0) is 6.91. The third-order valence-electron chi connectivity index (χ3n) is 1.05. The summed E-state index contributed by atoms with van der Waals surface area (Å²) in [7, 11) is -4.13. The Labute approximate surface area is 53.4 Å². The quantitative estimate of drug-likeness (QED) is 0.489. The van der Waals surface area contributed by atoms with Crippen molar-refractivity contribution in [1.29, 1.82) is 0 Å². The lowest BCUT2D eigenvalue weighted by atomic mass is 10.5. The lowest BCUT2D eigenvalue weighted by molar-refractivity contribution is 0.461. The zero-order valence-corrected chi connectivity index (χ0v) is 5.34. The topological polar surface area (TPSA) is 57.2 Å². The fourth-order valence-electron chi connectivity index (χ4n) is 0.604. The Balaban J connectivity index is 2.90. The van der Waals surface area contributed by atoms with Crippen LogP contribution >= 0.6 is 0 Å². The van der Waals surface area contributed by atoms with Crippen LogP contribution in [0.3, 0.4) is 0 Å². The molecular formula is C5H5O3S-. The molecule has 0 saturated heterocycles. The maximum absolute atomic E-state index is 10.2. The molecule has 0 heterocycles. The summed E-state index contributed by atoms with van der Waals surface area (Å²) in [5, 5.41) is -0.933. The summed E-state index contributed by atoms with van der Waals surface area (Å²) in [5.41, 5.74) is 0. The van der Waals surface area contributed by atoms with Gasteiger partial charge in [0, 0.05) is 0 Å². The predicted molar refractivity (Wildman–Crippen MR) is 31.8 cm³/mol. The van der Waals surface area contributed by atoms with Crippen LogP contribution in [0.2, 0.25) is 0 Å². The second kappa shape index (κ2) is 1.97. The molecule has 50 valence electrons. The second-order valence-corrected chi connectivity index (χ2v) is 3.26. The molecule has 0 saturated carbocycles. The third-order valence-corrected chi connectivity index (χ3v) is 2.03. The summed E-state index contributed by atoms with van der Waals surface area (Å²) in [5.74, 6) is 0. The van der Waals surface area contributed by atoms with Crippen LogP contribution in [0.5, 0.6) is 0 Å². The molecule has 0 unspecified atom stereocenters. The Kier molecular flexibility index (Phi) is 1.42. The average Bonchev–Trinajstić information content (AvgIpc) is 2.08. The van der Waals surface area contributed by atoms with Gasteiger partial charge in [0.15, 0.2) is 0 Å². The van der Waals surface area contributed by atoms with Crippen molar-refractivity contribution < 1.29 is 13.0 Å². The summed E-state index contributed by atoms with van der Waals surface area (Å²) in [4.78, 5) is 0. The summed E-state index contributed by atoms with van der Waals surface area (Å²) in [6.45, 7) is 0. The van der Waals surface area contributed by atoms with Crippen LogP contribution in [-0.2, 0) is 10.1 Å². The van der Waals surface area contributed by atoms with Gasteiger partial charge in [-0.3, -0.25) is 0 Å². The summed E-state index contributed by atoms with van der Waals surface area (Å²) in [6, 6.07) is 0. The highest BCUT2D eigenvalue weighted by Gasteiger charge is 2.09. The van der Waals surface area contributed by atoms with E-state index in [2.05, 4.69) is 0 Å². The van der Waals surface area contributed by atoms with Crippen molar-refractivity contribution in [2.24, 2.45) is 0 Å². The molecule has 1 aliphatic carbocycles. The van der Waals surface area contributed by atoms with Crippen molar-refractivity contribution in [3.8, 4) is 0 Å². The molecule has 0 bridgehead atoms. The highest BCUT2D eigenvalue weighted by Crippen LogP contribution is 2.07. The maximum atomic E-state index is 10.2. The second-order valence-electron chi connectivity index (χ2n) is 1.73. The minimum absolute atomic E-state index is 0.933. The van der Waals surface area contributed by atoms with Gasteiger partial charge in [-0.2, -0.15) is 0 Å². The van der Waals surface area contributed by atoms with Gasteiger partial charge in [-0.1, -0.05) is 24.3 Å². The Morgan fingerprint density at radius 3 is 1.89 bits per heavy atom. The molecule has 4 heteroatoms. The molecule has 0 aliphatic heterocycles. The van der Waals surface area contributed by atoms with E-state index in [1.165, 1.54) is 12.2 Å². The number of hydrogen-bond donors (Lipinski definition) is 0. The molecule has 0 spiro atoms. The third kappa shape index (κ3) is 1.40. The van der Waals surface area contributed by atoms with Gasteiger partial charge in [0.1, 0.15) is 10.1 Å². The SMILES string of the molecule is O=S(=O)([O-])C1C=CC=C1. The van der Waals surface area contributed by atoms with Crippen molar-refractivity contribution >= 4 is 10.1 Å². The first-order valence-electron chi connectivity index (χ1n) is 2.40. The summed E-state index contributed by atoms with van der Waals surface area (Å²) in [6.07, 6.45) is 5.78. The zero-order valence-electron chi connectivity index (χ0n) is 4.52. The van der Waals surface area contributed by atoms with E-state index in [9.17, 15) is 13.0 Å². The normalized spacial score (nSPS) is 19.2. The molecule has 0 amide bonds. The molecule has 3 nitrogen and oxygen atoms in total. The number of allylic oxidation sites excluding steroid dienone is 2. The Morgan fingerprint density at radius 2 is 1.67 bits per heavy atom. The van der Waals surface area contributed by atoms with Crippen molar-refractivity contribution in [3.05, 3.63) is 24.3 Å². The predicted octanol–water partition coefficient (Wildman–Crippen LogP) is 0.0262. The molecule has 0 radical (unpaired) electrons. The monoisotopic (exact) mass is 145 g/mol. The van der Waals surface area contributed by atoms with Gasteiger partial charge in [-0.15, -0.1) is 0 Å². The van der Waals surface area contributed by atoms with E-state index >= 15 is 0 Å². The van der Waals surface area contributed by atoms with Crippen LogP contribution < -0.4 is 0 Å². The van der Waals surface area contributed by atoms with E-state index in [0.717, 1.165) is 0 Å². The fraction of sp³-hybridized carbons (Fsp3) is 0.200. The molecule has 1 aliphatic rings. The van der Waals surface area contributed by atoms with Crippen molar-refractivity contribution in [1.82, 2.24) is 0 Å². The first kappa shape index (κ1) is 6.51. The minimum Gasteiger partial charge on any atom is -0.747 e. The molecule has 0 atom stereocenters. The van der Waals surface area contributed by atoms with E-state index in [1.807, 2.05) is 0 Å². The van der Waals surface area contributed by atoms with Gasteiger partial charge in [0.05, 0.1) is 5.25 Å². The van der Waals surface area contributed by atoms with E-state index < -0.39 is 15.4 Å². The van der Waals surface area contributed by atoms with E-state index in [4.69, 9.17) is 0 Å². The molecule has 1 rings (SSSR count). The molecule has 0 aromatic heterocycles. The lowest BCUT2D eigenvalue weighted by Gasteiger charge is -2.09. The van der Waals surface area contributed by atoms with Crippen LogP contribution in [0.4, 0.5) is 0 Å². The van der Waals surface area contributed by atoms with Crippen LogP contribution in [0.1, 0.15) is 0 Å². The van der Waals surface area contributed by atoms with Crippen LogP contribution in [0.25, 0.3) is 0 Å². The van der Waals surface area contributed by atoms with Gasteiger partial charge >= 0.3 is 0 Å². The maximum Gasteiger partial charge on any atom is 0.105 e. The molecule has 9 heavy (non-hydrogen) atoms. The smallest absolute Gasteiger partial charge is 0.105 e. The first-order valence-corrected chi connectivity index (χ1v) is 3.87. The first-order chi connectivity index (χ1) is 4.11. The average molecular weight is 145 g/mol. The van der Waals surface area contributed by atoms with Crippen molar-refractivity contribution in [3.63, 3.8) is 0 Å². The van der Waals surface area contributed by atoms with Crippen LogP contribution in [0, 0.1) is 0 Å². The van der Waals surface area contributed by atoms with Gasteiger partial charge in [-0.25, -0.2) is 8.42 Å². The van der Waals surface area contributed by atoms with Gasteiger partial charge in [0.25, 0.3) is 0 Å². The number of rotatable bonds is 1. The Hall–Kier alpha value is -0.610. The Bertz CT molecular complexity index is 235. The fourth-order valence-corrected chi connectivity index (χ4v) is 1.17. The lowest BCUT2D eigenvalue weighted by Crippen LogP contribution is -2.13. The van der Waals surface area contributed by atoms with Gasteiger partial charge in [-0.05, 0) is 0 Å². The molecule has 0 aromatic rings. The van der Waals surface area contributed by atoms with Crippen LogP contribution in [-0.4, -0.2) is 18.2 Å². The standard InChI is InChI=1S/C5H6O3S/c6-9(7,8)5-3-1-2-4-5/h1-5H,(H,6,7,8)/p-1. The van der Waals surface area contributed by atoms with E-state index in [-0.39, 0.29) is 0 Å². The molecule has 0 aromatic carbocycles. The van der Waals surface area contributed by atoms with Gasteiger partial charge < -0.3 is 4.55 Å². The highest BCUT2D eigenvalue weighted by molar-refractivity contribution is 7.86. The summed E-state index contributed by atoms with van der Waals surface area (Å²) >= 11 is 0. The number of hydrogen-bond acceptors (Lipinski definition) is 3. The van der Waals surface area contributed by atoms with Crippen molar-refractivity contribution in [2.75, 3.05) is 0 Å². The Morgan fingerprint density at radius 1 is 1.22 bits per heavy atom. The largest absolute Gasteiger partial charge is 0.747 e. The van der Waals surface area contributed by atoms with E-state index in [1.54, 1.807) is 12.2 Å². The summed E-state index contributed by atoms with van der Waals surface area (Å²) < 4.78 is 30.5. The van der Waals surface area contributed by atoms with Crippen LogP contribution in [0.15, 0.2) is 24.3 Å². The molecular weight excluding hydrogens is 140 g/mol. The minimum atomic E-state index is -4.13. The molecule has 0 fully saturated rings.